The van der Waals surface area contributed by atoms with Crippen molar-refractivity contribution in [3.8, 4) is 17.2 Å². The number of primary amides is 1. The molecule has 0 radical (unpaired) electrons. The number of fused-ring (bicyclic) bond motifs is 2. The molecule has 2 aliphatic rings. The minimum Gasteiger partial charge on any atom is -0.507 e. The highest BCUT2D eigenvalue weighted by atomic mass is 16.5. The lowest BCUT2D eigenvalue weighted by Crippen LogP contribution is -2.42. The number of phenolic OH excluding ortho intramolecular Hbond substituents is 1. The molecule has 2 aromatic rings. The largest absolute Gasteiger partial charge is 0.507 e. The van der Waals surface area contributed by atoms with Crippen molar-refractivity contribution in [3.63, 3.8) is 0 Å². The van der Waals surface area contributed by atoms with E-state index in [2.05, 4.69) is 0 Å². The van der Waals surface area contributed by atoms with Gasteiger partial charge < -0.3 is 36.4 Å². The van der Waals surface area contributed by atoms with E-state index in [0.29, 0.717) is 5.56 Å². The van der Waals surface area contributed by atoms with Gasteiger partial charge in [0.1, 0.15) is 28.9 Å². The molecule has 0 saturated carbocycles. The molecule has 150 valence electrons. The van der Waals surface area contributed by atoms with Crippen LogP contribution in [0.2, 0.25) is 0 Å². The van der Waals surface area contributed by atoms with Crippen molar-refractivity contribution in [2.24, 2.45) is 5.73 Å². The minimum absolute atomic E-state index is 0.0591. The maximum atomic E-state index is 13.1. The molecule has 2 atom stereocenters. The number of ketones is 1. The maximum Gasteiger partial charge on any atom is 0.256 e. The Balaban J connectivity index is 2.08. The number of phenols is 3. The van der Waals surface area contributed by atoms with Crippen LogP contribution < -0.4 is 5.73 Å². The summed E-state index contributed by atoms with van der Waals surface area (Å²) < 4.78 is 0. The van der Waals surface area contributed by atoms with Crippen molar-refractivity contribution < 1.29 is 40.2 Å². The summed E-state index contributed by atoms with van der Waals surface area (Å²) in [6, 6.07) is 5.22. The van der Waals surface area contributed by atoms with Gasteiger partial charge in [0.15, 0.2) is 5.78 Å². The van der Waals surface area contributed by atoms with E-state index in [1.165, 1.54) is 12.1 Å². The van der Waals surface area contributed by atoms with Crippen LogP contribution in [0.1, 0.15) is 56.4 Å². The molecule has 2 unspecified atom stereocenters. The van der Waals surface area contributed by atoms with E-state index in [-0.39, 0.29) is 22.4 Å². The first-order valence-electron chi connectivity index (χ1n) is 8.63. The van der Waals surface area contributed by atoms with Gasteiger partial charge in [0.05, 0.1) is 16.7 Å². The Bertz CT molecular complexity index is 1150. The van der Waals surface area contributed by atoms with E-state index in [1.807, 2.05) is 0 Å². The summed E-state index contributed by atoms with van der Waals surface area (Å²) in [5.41, 5.74) is 2.83. The van der Waals surface area contributed by atoms with Crippen molar-refractivity contribution in [1.29, 1.82) is 0 Å². The number of Topliss-reactive ketones (excluding diaryl/α,β-unsaturated/α-hetero) is 1. The summed E-state index contributed by atoms with van der Waals surface area (Å²) in [6.07, 6.45) is -1.61. The molecule has 9 heteroatoms. The van der Waals surface area contributed by atoms with Crippen molar-refractivity contribution >= 4 is 11.7 Å². The third kappa shape index (κ3) is 2.26. The van der Waals surface area contributed by atoms with Gasteiger partial charge in [-0.15, -0.1) is 0 Å². The molecule has 29 heavy (non-hydrogen) atoms. The molecule has 0 saturated heterocycles. The lowest BCUT2D eigenvalue weighted by atomic mass is 9.67. The van der Waals surface area contributed by atoms with Crippen molar-refractivity contribution in [3.05, 3.63) is 63.2 Å². The number of benzene rings is 2. The average molecular weight is 399 g/mol. The summed E-state index contributed by atoms with van der Waals surface area (Å²) in [5, 5.41) is 63.4. The fraction of sp³-hybridized carbons (Fsp3) is 0.200. The summed E-state index contributed by atoms with van der Waals surface area (Å²) in [6.45, 7) is 1.60. The van der Waals surface area contributed by atoms with Crippen molar-refractivity contribution in [2.75, 3.05) is 0 Å². The van der Waals surface area contributed by atoms with Crippen LogP contribution in [-0.4, -0.2) is 42.3 Å². The van der Waals surface area contributed by atoms with Crippen molar-refractivity contribution in [1.82, 2.24) is 0 Å². The summed E-state index contributed by atoms with van der Waals surface area (Å²) in [5.74, 6) is -8.25. The second-order valence-electron chi connectivity index (χ2n) is 7.15. The zero-order valence-corrected chi connectivity index (χ0v) is 15.0. The van der Waals surface area contributed by atoms with Crippen LogP contribution in [0.15, 0.2) is 35.4 Å². The zero-order valence-electron chi connectivity index (χ0n) is 15.0. The fourth-order valence-corrected chi connectivity index (χ4v) is 4.33. The molecule has 0 heterocycles. The molecule has 8 N–H and O–H groups in total. The molecule has 1 amide bonds. The smallest absolute Gasteiger partial charge is 0.256 e. The van der Waals surface area contributed by atoms with E-state index in [1.54, 1.807) is 13.0 Å². The van der Waals surface area contributed by atoms with E-state index in [9.17, 15) is 40.2 Å². The lowest BCUT2D eigenvalue weighted by molar-refractivity contribution is -0.139. The molecule has 0 bridgehead atoms. The predicted octanol–water partition coefficient (Wildman–Crippen LogP) is 0.383. The number of aromatic hydroxyl groups is 3. The summed E-state index contributed by atoms with van der Waals surface area (Å²) >= 11 is 0. The summed E-state index contributed by atoms with van der Waals surface area (Å²) in [4.78, 5) is 24.7. The zero-order chi connectivity index (χ0) is 21.4. The predicted molar refractivity (Wildman–Crippen MR) is 97.2 cm³/mol. The van der Waals surface area contributed by atoms with E-state index in [0.717, 1.165) is 6.07 Å². The van der Waals surface area contributed by atoms with Crippen molar-refractivity contribution in [2.45, 2.75) is 24.7 Å². The topological polar surface area (TPSA) is 182 Å². The quantitative estimate of drug-likeness (QED) is 0.336. The van der Waals surface area contributed by atoms with Crippen LogP contribution >= 0.6 is 0 Å². The molecular formula is C20H17NO8. The number of nitrogens with two attached hydrogens (primary N) is 1. The normalized spacial score (nSPS) is 22.0. The Kier molecular flexibility index (Phi) is 3.79. The Hall–Kier alpha value is -3.40. The molecule has 4 rings (SSSR count). The van der Waals surface area contributed by atoms with Gasteiger partial charge in [-0.3, -0.25) is 9.59 Å². The third-order valence-corrected chi connectivity index (χ3v) is 5.59. The van der Waals surface area contributed by atoms with Gasteiger partial charge in [0.2, 0.25) is 5.79 Å². The first kappa shape index (κ1) is 18.9. The van der Waals surface area contributed by atoms with Gasteiger partial charge in [0, 0.05) is 11.5 Å². The second-order valence-corrected chi connectivity index (χ2v) is 7.15. The van der Waals surface area contributed by atoms with Gasteiger partial charge in [-0.2, -0.15) is 0 Å². The van der Waals surface area contributed by atoms with Crippen LogP contribution in [0.5, 0.6) is 17.2 Å². The van der Waals surface area contributed by atoms with Crippen LogP contribution in [0.3, 0.4) is 0 Å². The second kappa shape index (κ2) is 5.80. The lowest BCUT2D eigenvalue weighted by Gasteiger charge is -2.41. The number of rotatable bonds is 1. The highest BCUT2D eigenvalue weighted by Crippen LogP contribution is 2.56. The minimum atomic E-state index is -3.13. The number of aliphatic hydroxyl groups is 3. The number of aliphatic hydroxyl groups excluding tert-OH is 1. The van der Waals surface area contributed by atoms with Gasteiger partial charge in [-0.1, -0.05) is 19.1 Å². The number of hydrogen-bond acceptors (Lipinski definition) is 8. The number of carbonyl (C=O) groups is 2. The van der Waals surface area contributed by atoms with E-state index < -0.39 is 57.7 Å². The van der Waals surface area contributed by atoms with Gasteiger partial charge in [-0.25, -0.2) is 0 Å². The maximum absolute atomic E-state index is 13.1. The third-order valence-electron chi connectivity index (χ3n) is 5.59. The SMILES string of the molecule is CC1C2=C(C(=O)c3c(O)cccc31)C(O)(O)c1c(cc(O)c(C(N)=O)c1O)C2O. The average Bonchev–Trinajstić information content (AvgIpc) is 2.61. The highest BCUT2D eigenvalue weighted by Gasteiger charge is 2.53. The van der Waals surface area contributed by atoms with Crippen LogP contribution in [0, 0.1) is 0 Å². The molecule has 0 aromatic heterocycles. The molecule has 0 fully saturated rings. The standard InChI is InChI=1S/C20H17NO8/c1-6-7-3-2-4-9(22)12(7)17(25)15-11(6)16(24)8-5-10(23)13(19(21)27)18(26)14(8)20(15,28)29/h2-6,16,22-24,26,28-29H,1H3,(H2,21,27). The Morgan fingerprint density at radius 2 is 1.76 bits per heavy atom. The number of hydrogen-bond donors (Lipinski definition) is 7. The molecule has 0 aliphatic heterocycles. The molecule has 0 spiro atoms. The Morgan fingerprint density at radius 1 is 1.10 bits per heavy atom. The van der Waals surface area contributed by atoms with Crippen LogP contribution in [-0.2, 0) is 5.79 Å². The number of amides is 1. The molecule has 2 aliphatic carbocycles. The van der Waals surface area contributed by atoms with Gasteiger partial charge >= 0.3 is 0 Å². The summed E-state index contributed by atoms with van der Waals surface area (Å²) in [7, 11) is 0. The highest BCUT2D eigenvalue weighted by molar-refractivity contribution is 6.15. The van der Waals surface area contributed by atoms with Gasteiger partial charge in [0.25, 0.3) is 5.91 Å². The monoisotopic (exact) mass is 399 g/mol. The molecular weight excluding hydrogens is 382 g/mol. The van der Waals surface area contributed by atoms with Crippen LogP contribution in [0.25, 0.3) is 0 Å². The Labute approximate surface area is 163 Å². The fourth-order valence-electron chi connectivity index (χ4n) is 4.33. The molecule has 9 nitrogen and oxygen atoms in total. The molecule has 2 aromatic carbocycles. The van der Waals surface area contributed by atoms with E-state index in [4.69, 9.17) is 5.73 Å². The number of carbonyl (C=O) groups excluding carboxylic acids is 2. The first-order valence-corrected chi connectivity index (χ1v) is 8.63. The Morgan fingerprint density at radius 3 is 2.38 bits per heavy atom. The van der Waals surface area contributed by atoms with Gasteiger partial charge in [-0.05, 0) is 23.3 Å². The van der Waals surface area contributed by atoms with E-state index >= 15 is 0 Å². The first-order chi connectivity index (χ1) is 13.5. The van der Waals surface area contributed by atoms with Crippen LogP contribution in [0.4, 0.5) is 0 Å².